The highest BCUT2D eigenvalue weighted by atomic mass is 16.5. The number of carbonyl (C=O) groups excluding carboxylic acids is 3. The van der Waals surface area contributed by atoms with Gasteiger partial charge in [-0.2, -0.15) is 0 Å². The summed E-state index contributed by atoms with van der Waals surface area (Å²) in [6.45, 7) is 4.53. The van der Waals surface area contributed by atoms with Crippen LogP contribution in [-0.4, -0.2) is 81.8 Å². The van der Waals surface area contributed by atoms with Crippen LogP contribution in [0.25, 0.3) is 0 Å². The normalized spacial score (nSPS) is 32.8. The third-order valence-corrected chi connectivity index (χ3v) is 6.60. The Balaban J connectivity index is 1.34. The lowest BCUT2D eigenvalue weighted by Crippen LogP contribution is -2.54. The van der Waals surface area contributed by atoms with E-state index in [1.165, 1.54) is 0 Å². The average molecular weight is 396 g/mol. The summed E-state index contributed by atoms with van der Waals surface area (Å²) in [5, 5.41) is 0. The van der Waals surface area contributed by atoms with Gasteiger partial charge in [0.1, 0.15) is 5.60 Å². The monoisotopic (exact) mass is 396 g/mol. The molecule has 0 radical (unpaired) electrons. The summed E-state index contributed by atoms with van der Waals surface area (Å²) in [5.41, 5.74) is 0.255. The number of carbonyl (C=O) groups is 3. The first-order valence-corrected chi connectivity index (χ1v) is 10.1. The minimum absolute atomic E-state index is 0.0265. The number of pyridine rings is 1. The fourth-order valence-corrected chi connectivity index (χ4v) is 5.16. The zero-order valence-corrected chi connectivity index (χ0v) is 16.4. The summed E-state index contributed by atoms with van der Waals surface area (Å²) < 4.78 is 6.20. The number of ether oxygens (including phenoxy) is 1. The standard InChI is InChI=1S/C21H24N4O4/c1-14(26)23-7-9-24(10-8-23)19(27)17-16-4-5-21(29-16)13-25(20(28)18(17)21)12-15-3-2-6-22-11-15/h2-6,11,16-18H,7-10,12-13H2,1H3/t16-,17?,18?,21-/m0/s1. The number of piperazine rings is 1. The van der Waals surface area contributed by atoms with Crippen molar-refractivity contribution in [2.24, 2.45) is 11.8 Å². The van der Waals surface area contributed by atoms with Gasteiger partial charge in [-0.3, -0.25) is 19.4 Å². The van der Waals surface area contributed by atoms with Crippen LogP contribution in [-0.2, 0) is 25.7 Å². The second kappa shape index (κ2) is 6.66. The number of rotatable bonds is 3. The Kier molecular flexibility index (Phi) is 4.20. The maximum atomic E-state index is 13.3. The summed E-state index contributed by atoms with van der Waals surface area (Å²) in [4.78, 5) is 47.6. The molecule has 0 aromatic carbocycles. The van der Waals surface area contributed by atoms with Gasteiger partial charge >= 0.3 is 0 Å². The number of aromatic nitrogens is 1. The Morgan fingerprint density at radius 2 is 2.00 bits per heavy atom. The molecule has 1 aromatic rings. The smallest absolute Gasteiger partial charge is 0.230 e. The van der Waals surface area contributed by atoms with E-state index in [1.807, 2.05) is 24.3 Å². The maximum Gasteiger partial charge on any atom is 0.230 e. The molecule has 1 aromatic heterocycles. The van der Waals surface area contributed by atoms with Crippen LogP contribution in [0.15, 0.2) is 36.7 Å². The summed E-state index contributed by atoms with van der Waals surface area (Å²) in [7, 11) is 0. The molecule has 152 valence electrons. The second-order valence-corrected chi connectivity index (χ2v) is 8.29. The van der Waals surface area contributed by atoms with E-state index in [4.69, 9.17) is 4.74 Å². The maximum absolute atomic E-state index is 13.3. The molecule has 3 amide bonds. The van der Waals surface area contributed by atoms with Crippen LogP contribution in [0.2, 0.25) is 0 Å². The van der Waals surface area contributed by atoms with Gasteiger partial charge in [0.05, 0.1) is 24.5 Å². The van der Waals surface area contributed by atoms with Crippen molar-refractivity contribution in [3.05, 3.63) is 42.2 Å². The van der Waals surface area contributed by atoms with E-state index >= 15 is 0 Å². The lowest BCUT2D eigenvalue weighted by atomic mass is 9.76. The van der Waals surface area contributed by atoms with E-state index in [-0.39, 0.29) is 23.8 Å². The SMILES string of the molecule is CC(=O)N1CCN(C(=O)C2C3C(=O)N(Cc4cccnc4)C[C@@]34C=C[C@@H]2O4)CC1. The van der Waals surface area contributed by atoms with Crippen LogP contribution >= 0.6 is 0 Å². The lowest BCUT2D eigenvalue weighted by Gasteiger charge is -2.37. The number of hydrogen-bond acceptors (Lipinski definition) is 5. The van der Waals surface area contributed by atoms with Gasteiger partial charge in [-0.05, 0) is 11.6 Å². The molecule has 8 nitrogen and oxygen atoms in total. The van der Waals surface area contributed by atoms with Crippen LogP contribution in [0.4, 0.5) is 0 Å². The van der Waals surface area contributed by atoms with E-state index in [2.05, 4.69) is 4.98 Å². The molecule has 8 heteroatoms. The first-order chi connectivity index (χ1) is 14.0. The molecule has 3 fully saturated rings. The Bertz CT molecular complexity index is 880. The third kappa shape index (κ3) is 2.85. The molecule has 4 aliphatic heterocycles. The van der Waals surface area contributed by atoms with Crippen LogP contribution in [0, 0.1) is 11.8 Å². The van der Waals surface area contributed by atoms with Crippen molar-refractivity contribution in [3.63, 3.8) is 0 Å². The van der Waals surface area contributed by atoms with E-state index in [9.17, 15) is 14.4 Å². The molecule has 5 heterocycles. The fraction of sp³-hybridized carbons (Fsp3) is 0.524. The number of amides is 3. The molecular weight excluding hydrogens is 372 g/mol. The molecule has 5 rings (SSSR count). The Morgan fingerprint density at radius 3 is 2.69 bits per heavy atom. The van der Waals surface area contributed by atoms with Crippen molar-refractivity contribution in [3.8, 4) is 0 Å². The first-order valence-electron chi connectivity index (χ1n) is 10.1. The van der Waals surface area contributed by atoms with Crippen LogP contribution in [0.5, 0.6) is 0 Å². The molecule has 2 unspecified atom stereocenters. The predicted molar refractivity (Wildman–Crippen MR) is 102 cm³/mol. The van der Waals surface area contributed by atoms with Crippen molar-refractivity contribution >= 4 is 17.7 Å². The largest absolute Gasteiger partial charge is 0.360 e. The van der Waals surface area contributed by atoms with Crippen LogP contribution in [0.3, 0.4) is 0 Å². The summed E-state index contributed by atoms with van der Waals surface area (Å²) >= 11 is 0. The van der Waals surface area contributed by atoms with E-state index in [0.717, 1.165) is 5.56 Å². The minimum Gasteiger partial charge on any atom is -0.360 e. The number of hydrogen-bond donors (Lipinski definition) is 0. The third-order valence-electron chi connectivity index (χ3n) is 6.60. The zero-order chi connectivity index (χ0) is 20.2. The predicted octanol–water partition coefficient (Wildman–Crippen LogP) is 0.0543. The highest BCUT2D eigenvalue weighted by Crippen LogP contribution is 2.52. The van der Waals surface area contributed by atoms with Crippen molar-refractivity contribution < 1.29 is 19.1 Å². The Labute approximate surface area is 169 Å². The molecule has 4 aliphatic rings. The van der Waals surface area contributed by atoms with Gasteiger partial charge in [-0.15, -0.1) is 0 Å². The molecule has 0 N–H and O–H groups in total. The van der Waals surface area contributed by atoms with Crippen LogP contribution in [0.1, 0.15) is 12.5 Å². The van der Waals surface area contributed by atoms with Gasteiger partial charge in [0.2, 0.25) is 17.7 Å². The molecule has 2 bridgehead atoms. The van der Waals surface area contributed by atoms with Gasteiger partial charge in [-0.25, -0.2) is 0 Å². The van der Waals surface area contributed by atoms with Gasteiger partial charge in [0, 0.05) is 52.0 Å². The van der Waals surface area contributed by atoms with Gasteiger partial charge in [0.25, 0.3) is 0 Å². The molecular formula is C21H24N4O4. The summed E-state index contributed by atoms with van der Waals surface area (Å²) in [6, 6.07) is 3.79. The first kappa shape index (κ1) is 18.3. The van der Waals surface area contributed by atoms with Gasteiger partial charge < -0.3 is 19.4 Å². The molecule has 1 spiro atoms. The van der Waals surface area contributed by atoms with Crippen LogP contribution < -0.4 is 0 Å². The lowest BCUT2D eigenvalue weighted by molar-refractivity contribution is -0.146. The molecule has 0 saturated carbocycles. The number of fused-ring (bicyclic) bond motifs is 1. The van der Waals surface area contributed by atoms with Crippen molar-refractivity contribution in [1.29, 1.82) is 0 Å². The average Bonchev–Trinajstić information content (AvgIpc) is 3.37. The van der Waals surface area contributed by atoms with E-state index in [1.54, 1.807) is 34.0 Å². The van der Waals surface area contributed by atoms with E-state index < -0.39 is 17.4 Å². The molecule has 29 heavy (non-hydrogen) atoms. The van der Waals surface area contributed by atoms with Crippen molar-refractivity contribution in [1.82, 2.24) is 19.7 Å². The molecule has 0 aliphatic carbocycles. The van der Waals surface area contributed by atoms with Crippen molar-refractivity contribution in [2.75, 3.05) is 32.7 Å². The minimum atomic E-state index is -0.703. The van der Waals surface area contributed by atoms with E-state index in [0.29, 0.717) is 39.3 Å². The Morgan fingerprint density at radius 1 is 1.24 bits per heavy atom. The highest BCUT2D eigenvalue weighted by Gasteiger charge is 2.67. The zero-order valence-electron chi connectivity index (χ0n) is 16.4. The topological polar surface area (TPSA) is 83.1 Å². The quantitative estimate of drug-likeness (QED) is 0.675. The molecule has 4 atom stereocenters. The molecule has 3 saturated heterocycles. The second-order valence-electron chi connectivity index (χ2n) is 8.29. The number of nitrogens with zero attached hydrogens (tertiary/aromatic N) is 4. The van der Waals surface area contributed by atoms with Gasteiger partial charge in [0.15, 0.2) is 0 Å². The Hall–Kier alpha value is -2.74. The van der Waals surface area contributed by atoms with Crippen molar-refractivity contribution in [2.45, 2.75) is 25.2 Å². The highest BCUT2D eigenvalue weighted by molar-refractivity contribution is 5.93. The summed E-state index contributed by atoms with van der Waals surface area (Å²) in [5.74, 6) is -1.01. The van der Waals surface area contributed by atoms with Gasteiger partial charge in [-0.1, -0.05) is 18.2 Å². The fourth-order valence-electron chi connectivity index (χ4n) is 5.16. The summed E-state index contributed by atoms with van der Waals surface area (Å²) in [6.07, 6.45) is 7.02. The number of likely N-dealkylation sites (tertiary alicyclic amines) is 1.